The van der Waals surface area contributed by atoms with Gasteiger partial charge in [0.1, 0.15) is 12.2 Å². The van der Waals surface area contributed by atoms with Crippen molar-refractivity contribution < 1.29 is 24.2 Å². The molecule has 0 bridgehead atoms. The molecular weight excluding hydrogens is 418 g/mol. The van der Waals surface area contributed by atoms with Gasteiger partial charge < -0.3 is 25.2 Å². The molecule has 3 unspecified atom stereocenters. The van der Waals surface area contributed by atoms with E-state index in [-0.39, 0.29) is 19.1 Å². The summed E-state index contributed by atoms with van der Waals surface area (Å²) in [4.78, 5) is 29.1. The van der Waals surface area contributed by atoms with E-state index >= 15 is 0 Å². The van der Waals surface area contributed by atoms with Crippen LogP contribution in [0.5, 0.6) is 0 Å². The molecule has 3 N–H and O–H groups in total. The maximum absolute atomic E-state index is 12.3. The van der Waals surface area contributed by atoms with Crippen LogP contribution in [0.25, 0.3) is 0 Å². The summed E-state index contributed by atoms with van der Waals surface area (Å²) in [6, 6.07) is 8.58. The molecule has 2 amide bonds. The lowest BCUT2D eigenvalue weighted by Gasteiger charge is -2.27. The van der Waals surface area contributed by atoms with Crippen molar-refractivity contribution in [1.29, 1.82) is 0 Å². The van der Waals surface area contributed by atoms with Gasteiger partial charge in [0.05, 0.1) is 22.5 Å². The number of carbonyl (C=O) groups is 2. The number of aliphatic hydroxyl groups excluding tert-OH is 1. The molecule has 9 heteroatoms. The highest BCUT2D eigenvalue weighted by atomic mass is 32.1. The van der Waals surface area contributed by atoms with E-state index in [1.807, 2.05) is 30.3 Å². The summed E-state index contributed by atoms with van der Waals surface area (Å²) in [5, 5.41) is 16.3. The maximum atomic E-state index is 12.3. The predicted octanol–water partition coefficient (Wildman–Crippen LogP) is 3.64. The zero-order chi connectivity index (χ0) is 22.9. The van der Waals surface area contributed by atoms with E-state index < -0.39 is 29.9 Å². The van der Waals surface area contributed by atoms with Crippen LogP contribution >= 0.6 is 11.3 Å². The van der Waals surface area contributed by atoms with Gasteiger partial charge in [0.2, 0.25) is 0 Å². The molecule has 0 radical (unpaired) electrons. The van der Waals surface area contributed by atoms with Crippen LogP contribution in [0.4, 0.5) is 9.59 Å². The summed E-state index contributed by atoms with van der Waals surface area (Å²) in [7, 11) is 0. The average molecular weight is 450 g/mol. The van der Waals surface area contributed by atoms with Crippen LogP contribution in [0.1, 0.15) is 44.6 Å². The molecule has 31 heavy (non-hydrogen) atoms. The quantitative estimate of drug-likeness (QED) is 0.539. The fraction of sp³-hybridized carbons (Fsp3) is 0.500. The summed E-state index contributed by atoms with van der Waals surface area (Å²) in [5.74, 6) is 0. The van der Waals surface area contributed by atoms with Crippen LogP contribution in [0.3, 0.4) is 0 Å². The Hall–Kier alpha value is -2.65. The minimum Gasteiger partial charge on any atom is -0.444 e. The largest absolute Gasteiger partial charge is 0.444 e. The van der Waals surface area contributed by atoms with Crippen molar-refractivity contribution in [3.8, 4) is 0 Å². The molecule has 0 aliphatic rings. The maximum Gasteiger partial charge on any atom is 0.407 e. The molecule has 170 valence electrons. The monoisotopic (exact) mass is 449 g/mol. The van der Waals surface area contributed by atoms with Gasteiger partial charge in [0.25, 0.3) is 0 Å². The number of thiazole rings is 1. The van der Waals surface area contributed by atoms with E-state index in [0.29, 0.717) is 6.42 Å². The number of alkyl carbamates (subject to hydrolysis) is 2. The zero-order valence-corrected chi connectivity index (χ0v) is 19.1. The molecule has 1 heterocycles. The number of aromatic nitrogens is 1. The zero-order valence-electron chi connectivity index (χ0n) is 18.3. The molecule has 0 saturated carbocycles. The van der Waals surface area contributed by atoms with E-state index in [9.17, 15) is 14.7 Å². The van der Waals surface area contributed by atoms with Gasteiger partial charge in [-0.25, -0.2) is 9.59 Å². The lowest BCUT2D eigenvalue weighted by atomic mass is 9.97. The Bertz CT molecular complexity index is 808. The van der Waals surface area contributed by atoms with Crippen LogP contribution in [-0.4, -0.2) is 46.1 Å². The summed E-state index contributed by atoms with van der Waals surface area (Å²) >= 11 is 1.39. The molecule has 0 aliphatic carbocycles. The van der Waals surface area contributed by atoms with Gasteiger partial charge in [-0.1, -0.05) is 30.3 Å². The van der Waals surface area contributed by atoms with Gasteiger partial charge in [-0.05, 0) is 46.1 Å². The molecule has 0 fully saturated rings. The van der Waals surface area contributed by atoms with Gasteiger partial charge in [-0.3, -0.25) is 4.98 Å². The number of benzene rings is 1. The molecule has 0 spiro atoms. The van der Waals surface area contributed by atoms with Crippen molar-refractivity contribution in [1.82, 2.24) is 15.6 Å². The van der Waals surface area contributed by atoms with Crippen molar-refractivity contribution in [2.75, 3.05) is 0 Å². The number of aliphatic hydroxyl groups is 1. The van der Waals surface area contributed by atoms with E-state index in [0.717, 1.165) is 10.4 Å². The highest BCUT2D eigenvalue weighted by Gasteiger charge is 2.26. The molecule has 0 aliphatic heterocycles. The first kappa shape index (κ1) is 24.6. The fourth-order valence-corrected chi connectivity index (χ4v) is 3.39. The van der Waals surface area contributed by atoms with Crippen LogP contribution in [0.15, 0.2) is 42.0 Å². The third kappa shape index (κ3) is 9.80. The normalized spacial score (nSPS) is 14.2. The minimum atomic E-state index is -0.916. The number of nitrogens with one attached hydrogen (secondary N) is 2. The molecule has 0 saturated heterocycles. The first-order chi connectivity index (χ1) is 14.6. The van der Waals surface area contributed by atoms with E-state index in [2.05, 4.69) is 15.6 Å². The van der Waals surface area contributed by atoms with Gasteiger partial charge in [-0.2, -0.15) is 0 Å². The number of nitrogens with zero attached hydrogens (tertiary/aromatic N) is 1. The average Bonchev–Trinajstić information content (AvgIpc) is 3.18. The molecule has 1 aromatic carbocycles. The van der Waals surface area contributed by atoms with Crippen molar-refractivity contribution in [2.24, 2.45) is 0 Å². The number of hydrogen-bond acceptors (Lipinski definition) is 7. The number of ether oxygens (including phenoxy) is 2. The van der Waals surface area contributed by atoms with E-state index in [1.165, 1.54) is 11.3 Å². The van der Waals surface area contributed by atoms with Gasteiger partial charge in [0.15, 0.2) is 0 Å². The third-order valence-electron chi connectivity index (χ3n) is 4.25. The first-order valence-electron chi connectivity index (χ1n) is 10.1. The topological polar surface area (TPSA) is 110 Å². The second-order valence-corrected chi connectivity index (χ2v) is 9.31. The number of rotatable bonds is 9. The fourth-order valence-electron chi connectivity index (χ4n) is 2.89. The highest BCUT2D eigenvalue weighted by molar-refractivity contribution is 7.09. The van der Waals surface area contributed by atoms with Crippen LogP contribution in [0.2, 0.25) is 0 Å². The number of amides is 2. The Morgan fingerprint density at radius 2 is 1.87 bits per heavy atom. The van der Waals surface area contributed by atoms with Gasteiger partial charge in [-0.15, -0.1) is 11.3 Å². The summed E-state index contributed by atoms with van der Waals surface area (Å²) in [5.41, 5.74) is 2.02. The molecular formula is C22H31N3O5S. The van der Waals surface area contributed by atoms with Gasteiger partial charge >= 0.3 is 12.2 Å². The summed E-state index contributed by atoms with van der Waals surface area (Å²) in [6.45, 7) is 7.23. The smallest absolute Gasteiger partial charge is 0.407 e. The highest BCUT2D eigenvalue weighted by Crippen LogP contribution is 2.13. The third-order valence-corrected chi connectivity index (χ3v) is 5.01. The number of carbonyl (C=O) groups excluding carboxylic acids is 2. The first-order valence-corrected chi connectivity index (χ1v) is 11.0. The standard InChI is InChI=1S/C22H31N3O5S/c1-15(24-21(28)30-22(2,3)4)10-19(26)18(11-16-8-6-5-7-9-16)25-20(27)29-13-17-12-23-14-31-17/h5-9,12,14-15,18-19,26H,10-11,13H2,1-4H3,(H,24,28)(H,25,27). The van der Waals surface area contributed by atoms with Crippen molar-refractivity contribution >= 4 is 23.5 Å². The molecule has 2 rings (SSSR count). The van der Waals surface area contributed by atoms with Crippen LogP contribution < -0.4 is 10.6 Å². The summed E-state index contributed by atoms with van der Waals surface area (Å²) in [6.07, 6.45) is 0.187. The van der Waals surface area contributed by atoms with Crippen LogP contribution in [0, 0.1) is 0 Å². The Kier molecular flexibility index (Phi) is 9.26. The van der Waals surface area contributed by atoms with Crippen molar-refractivity contribution in [2.45, 2.75) is 70.9 Å². The Morgan fingerprint density at radius 3 is 2.48 bits per heavy atom. The molecule has 3 atom stereocenters. The summed E-state index contributed by atoms with van der Waals surface area (Å²) < 4.78 is 10.5. The Balaban J connectivity index is 1.95. The molecule has 1 aromatic heterocycles. The lowest BCUT2D eigenvalue weighted by molar-refractivity contribution is 0.0472. The van der Waals surface area contributed by atoms with E-state index in [1.54, 1.807) is 39.4 Å². The Morgan fingerprint density at radius 1 is 1.16 bits per heavy atom. The second-order valence-electron chi connectivity index (χ2n) is 8.33. The lowest BCUT2D eigenvalue weighted by Crippen LogP contribution is -2.48. The number of hydrogen-bond donors (Lipinski definition) is 3. The van der Waals surface area contributed by atoms with Crippen molar-refractivity contribution in [3.05, 3.63) is 52.5 Å². The predicted molar refractivity (Wildman–Crippen MR) is 119 cm³/mol. The second kappa shape index (κ2) is 11.7. The van der Waals surface area contributed by atoms with Crippen molar-refractivity contribution in [3.63, 3.8) is 0 Å². The Labute approximate surface area is 187 Å². The molecule has 2 aromatic rings. The van der Waals surface area contributed by atoms with Gasteiger partial charge in [0, 0.05) is 12.2 Å². The minimum absolute atomic E-state index is 0.112. The van der Waals surface area contributed by atoms with Crippen LogP contribution in [-0.2, 0) is 22.5 Å². The van der Waals surface area contributed by atoms with E-state index in [4.69, 9.17) is 9.47 Å². The molecule has 8 nitrogen and oxygen atoms in total. The SMILES string of the molecule is CC(CC(O)C(Cc1ccccc1)NC(=O)OCc1cncs1)NC(=O)OC(C)(C)C.